The molecule has 1 saturated carbocycles. The van der Waals surface area contributed by atoms with Gasteiger partial charge in [0, 0.05) is 11.6 Å². The first-order chi connectivity index (χ1) is 7.18. The summed E-state index contributed by atoms with van der Waals surface area (Å²) < 4.78 is 5.49. The van der Waals surface area contributed by atoms with E-state index in [4.69, 9.17) is 15.6 Å². The van der Waals surface area contributed by atoms with Gasteiger partial charge in [-0.25, -0.2) is 4.79 Å². The van der Waals surface area contributed by atoms with Gasteiger partial charge in [-0.05, 0) is 24.0 Å². The zero-order valence-electron chi connectivity index (χ0n) is 8.06. The van der Waals surface area contributed by atoms with Crippen LogP contribution in [0.2, 0.25) is 0 Å². The SMILES string of the molecule is Nc1ccc2c(c1C(=O)O)OC[C@@H]1C[C@H]21. The number of rotatable bonds is 1. The van der Waals surface area contributed by atoms with Crippen molar-refractivity contribution in [3.8, 4) is 5.75 Å². The van der Waals surface area contributed by atoms with Crippen molar-refractivity contribution in [3.63, 3.8) is 0 Å². The molecule has 2 atom stereocenters. The molecule has 4 nitrogen and oxygen atoms in total. The second kappa shape index (κ2) is 2.66. The average molecular weight is 205 g/mol. The molecule has 0 aromatic heterocycles. The Kier molecular flexibility index (Phi) is 1.52. The molecule has 1 aliphatic carbocycles. The number of carboxylic acids is 1. The standard InChI is InChI=1S/C11H11NO3/c12-8-2-1-6-7-3-5(7)4-15-10(6)9(8)11(13)14/h1-2,5,7H,3-4,12H2,(H,13,14)/t5-,7-/m0/s1. The van der Waals surface area contributed by atoms with E-state index in [-0.39, 0.29) is 11.3 Å². The first-order valence-electron chi connectivity index (χ1n) is 4.97. The molecule has 2 aliphatic rings. The molecule has 1 aromatic carbocycles. The number of fused-ring (bicyclic) bond motifs is 3. The van der Waals surface area contributed by atoms with Crippen LogP contribution in [0.3, 0.4) is 0 Å². The van der Waals surface area contributed by atoms with Gasteiger partial charge in [0.25, 0.3) is 0 Å². The van der Waals surface area contributed by atoms with Crippen LogP contribution in [0.4, 0.5) is 5.69 Å². The van der Waals surface area contributed by atoms with Crippen LogP contribution in [0, 0.1) is 5.92 Å². The highest BCUT2D eigenvalue weighted by molar-refractivity contribution is 5.97. The topological polar surface area (TPSA) is 72.6 Å². The smallest absolute Gasteiger partial charge is 0.341 e. The molecule has 0 saturated heterocycles. The van der Waals surface area contributed by atoms with E-state index in [2.05, 4.69) is 0 Å². The van der Waals surface area contributed by atoms with Gasteiger partial charge in [-0.15, -0.1) is 0 Å². The number of anilines is 1. The van der Waals surface area contributed by atoms with E-state index in [0.29, 0.717) is 24.2 Å². The Labute approximate surface area is 86.7 Å². The molecule has 0 bridgehead atoms. The lowest BCUT2D eigenvalue weighted by atomic mass is 10.0. The fraction of sp³-hybridized carbons (Fsp3) is 0.364. The minimum atomic E-state index is -1.01. The highest BCUT2D eigenvalue weighted by Crippen LogP contribution is 2.55. The molecule has 0 unspecified atom stereocenters. The molecule has 0 spiro atoms. The molecule has 1 aromatic rings. The maximum atomic E-state index is 11.1. The minimum Gasteiger partial charge on any atom is -0.492 e. The van der Waals surface area contributed by atoms with Crippen LogP contribution in [0.5, 0.6) is 5.75 Å². The Morgan fingerprint density at radius 2 is 2.33 bits per heavy atom. The van der Waals surface area contributed by atoms with E-state index in [9.17, 15) is 4.79 Å². The summed E-state index contributed by atoms with van der Waals surface area (Å²) in [4.78, 5) is 11.1. The van der Waals surface area contributed by atoms with Crippen LogP contribution in [0.25, 0.3) is 0 Å². The summed E-state index contributed by atoms with van der Waals surface area (Å²) in [5.74, 6) is 0.555. The van der Waals surface area contributed by atoms with E-state index in [1.165, 1.54) is 0 Å². The van der Waals surface area contributed by atoms with Crippen molar-refractivity contribution >= 4 is 11.7 Å². The average Bonchev–Trinajstić information content (AvgIpc) is 2.95. The van der Waals surface area contributed by atoms with Gasteiger partial charge in [0.1, 0.15) is 11.3 Å². The van der Waals surface area contributed by atoms with Crippen LogP contribution in [-0.4, -0.2) is 17.7 Å². The third-order valence-electron chi connectivity index (χ3n) is 3.20. The second-order valence-corrected chi connectivity index (χ2v) is 4.17. The van der Waals surface area contributed by atoms with Crippen molar-refractivity contribution in [2.45, 2.75) is 12.3 Å². The Balaban J connectivity index is 2.20. The predicted octanol–water partition coefficient (Wildman–Crippen LogP) is 1.46. The molecular formula is C11H11NO3. The zero-order valence-corrected chi connectivity index (χ0v) is 8.06. The summed E-state index contributed by atoms with van der Waals surface area (Å²) in [6.45, 7) is 0.626. The van der Waals surface area contributed by atoms with Crippen molar-refractivity contribution in [3.05, 3.63) is 23.3 Å². The van der Waals surface area contributed by atoms with E-state index >= 15 is 0 Å². The quantitative estimate of drug-likeness (QED) is 0.681. The number of nitrogens with two attached hydrogens (primary N) is 1. The highest BCUT2D eigenvalue weighted by Gasteiger charge is 2.45. The van der Waals surface area contributed by atoms with Gasteiger partial charge in [0.05, 0.1) is 6.61 Å². The van der Waals surface area contributed by atoms with Crippen LogP contribution >= 0.6 is 0 Å². The van der Waals surface area contributed by atoms with E-state index in [0.717, 1.165) is 12.0 Å². The van der Waals surface area contributed by atoms with Crippen molar-refractivity contribution in [2.24, 2.45) is 5.92 Å². The molecule has 1 fully saturated rings. The molecule has 0 amide bonds. The number of carbonyl (C=O) groups is 1. The molecule has 0 radical (unpaired) electrons. The third kappa shape index (κ3) is 1.11. The van der Waals surface area contributed by atoms with Crippen LogP contribution in [0.15, 0.2) is 12.1 Å². The number of nitrogen functional groups attached to an aromatic ring is 1. The maximum Gasteiger partial charge on any atom is 0.341 e. The van der Waals surface area contributed by atoms with Crippen molar-refractivity contribution in [1.82, 2.24) is 0 Å². The van der Waals surface area contributed by atoms with E-state index in [1.54, 1.807) is 6.07 Å². The largest absolute Gasteiger partial charge is 0.492 e. The van der Waals surface area contributed by atoms with Gasteiger partial charge >= 0.3 is 5.97 Å². The predicted molar refractivity (Wildman–Crippen MR) is 54.2 cm³/mol. The molecule has 15 heavy (non-hydrogen) atoms. The maximum absolute atomic E-state index is 11.1. The lowest BCUT2D eigenvalue weighted by Crippen LogP contribution is -2.14. The van der Waals surface area contributed by atoms with E-state index in [1.807, 2.05) is 6.07 Å². The molecular weight excluding hydrogens is 194 g/mol. The second-order valence-electron chi connectivity index (χ2n) is 4.17. The number of carboxylic acid groups (broad SMARTS) is 1. The normalized spacial score (nSPS) is 26.1. The number of aromatic carboxylic acids is 1. The van der Waals surface area contributed by atoms with Gasteiger partial charge < -0.3 is 15.6 Å². The Bertz CT molecular complexity index is 455. The number of hydrogen-bond donors (Lipinski definition) is 2. The van der Waals surface area contributed by atoms with Gasteiger partial charge in [0.15, 0.2) is 0 Å². The molecule has 1 aliphatic heterocycles. The molecule has 3 N–H and O–H groups in total. The van der Waals surface area contributed by atoms with Crippen LogP contribution in [0.1, 0.15) is 28.3 Å². The van der Waals surface area contributed by atoms with Gasteiger partial charge in [-0.1, -0.05) is 6.07 Å². The van der Waals surface area contributed by atoms with Crippen LogP contribution in [-0.2, 0) is 0 Å². The lowest BCUT2D eigenvalue weighted by molar-refractivity contribution is 0.0692. The first kappa shape index (κ1) is 8.59. The minimum absolute atomic E-state index is 0.123. The Hall–Kier alpha value is -1.71. The number of benzene rings is 1. The molecule has 78 valence electrons. The van der Waals surface area contributed by atoms with Crippen molar-refractivity contribution in [1.29, 1.82) is 0 Å². The third-order valence-corrected chi connectivity index (χ3v) is 3.20. The summed E-state index contributed by atoms with van der Waals surface area (Å²) in [6.07, 6.45) is 1.11. The monoisotopic (exact) mass is 205 g/mol. The van der Waals surface area contributed by atoms with Crippen molar-refractivity contribution in [2.75, 3.05) is 12.3 Å². The Morgan fingerprint density at radius 1 is 1.53 bits per heavy atom. The van der Waals surface area contributed by atoms with Crippen LogP contribution < -0.4 is 10.5 Å². The summed E-state index contributed by atoms with van der Waals surface area (Å²) in [6, 6.07) is 3.55. The Morgan fingerprint density at radius 3 is 3.07 bits per heavy atom. The first-order valence-corrected chi connectivity index (χ1v) is 4.97. The summed E-state index contributed by atoms with van der Waals surface area (Å²) in [7, 11) is 0. The highest BCUT2D eigenvalue weighted by atomic mass is 16.5. The summed E-state index contributed by atoms with van der Waals surface area (Å²) in [5.41, 5.74) is 7.06. The van der Waals surface area contributed by atoms with Crippen molar-refractivity contribution < 1.29 is 14.6 Å². The number of hydrogen-bond acceptors (Lipinski definition) is 3. The number of ether oxygens (including phenoxy) is 1. The lowest BCUT2D eigenvalue weighted by Gasteiger charge is -2.19. The zero-order chi connectivity index (χ0) is 10.6. The summed E-state index contributed by atoms with van der Waals surface area (Å²) >= 11 is 0. The van der Waals surface area contributed by atoms with Gasteiger partial charge in [-0.2, -0.15) is 0 Å². The van der Waals surface area contributed by atoms with Gasteiger partial charge in [0.2, 0.25) is 0 Å². The molecule has 4 heteroatoms. The van der Waals surface area contributed by atoms with E-state index < -0.39 is 5.97 Å². The molecule has 1 heterocycles. The summed E-state index contributed by atoms with van der Waals surface area (Å²) in [5, 5.41) is 9.06. The molecule has 3 rings (SSSR count). The van der Waals surface area contributed by atoms with Gasteiger partial charge in [-0.3, -0.25) is 0 Å². The fourth-order valence-corrected chi connectivity index (χ4v) is 2.29. The fourth-order valence-electron chi connectivity index (χ4n) is 2.29.